The van der Waals surface area contributed by atoms with Gasteiger partial charge in [0.1, 0.15) is 0 Å². The quantitative estimate of drug-likeness (QED) is 0.631. The van der Waals surface area contributed by atoms with Crippen LogP contribution in [0.1, 0.15) is 18.7 Å². The first-order valence-electron chi connectivity index (χ1n) is 4.27. The molecule has 5 nitrogen and oxygen atoms in total. The van der Waals surface area contributed by atoms with Crippen LogP contribution < -0.4 is 5.76 Å². The first kappa shape index (κ1) is 9.98. The number of unbranched alkanes of at least 4 members (excludes halogenated alkanes) is 1. The molecule has 0 atom stereocenters. The number of methoxy groups -OCH3 is 1. The number of hydrogen-bond acceptors (Lipinski definition) is 4. The zero-order valence-corrected chi connectivity index (χ0v) is 7.95. The van der Waals surface area contributed by atoms with Crippen molar-refractivity contribution in [2.45, 2.75) is 26.3 Å². The molecule has 1 rings (SSSR count). The fraction of sp³-hybridized carbons (Fsp3) is 0.750. The molecule has 0 saturated carbocycles. The van der Waals surface area contributed by atoms with Crippen molar-refractivity contribution in [2.75, 3.05) is 13.7 Å². The molecule has 74 valence electrons. The van der Waals surface area contributed by atoms with Crippen molar-refractivity contribution in [3.8, 4) is 0 Å². The number of hydrogen-bond donors (Lipinski definition) is 0. The summed E-state index contributed by atoms with van der Waals surface area (Å²) in [5.41, 5.74) is 0. The molecule has 0 spiro atoms. The van der Waals surface area contributed by atoms with Crippen molar-refractivity contribution >= 4 is 0 Å². The fourth-order valence-corrected chi connectivity index (χ4v) is 1.11. The second-order valence-electron chi connectivity index (χ2n) is 2.85. The average Bonchev–Trinajstić information content (AvgIpc) is 2.42. The second-order valence-corrected chi connectivity index (χ2v) is 2.85. The summed E-state index contributed by atoms with van der Waals surface area (Å²) in [6, 6.07) is 0. The Balaban J connectivity index is 2.40. The van der Waals surface area contributed by atoms with Crippen molar-refractivity contribution in [1.29, 1.82) is 0 Å². The number of ether oxygens (including phenoxy) is 1. The third kappa shape index (κ3) is 2.69. The van der Waals surface area contributed by atoms with Crippen LogP contribution in [0.5, 0.6) is 0 Å². The molecule has 0 aliphatic rings. The van der Waals surface area contributed by atoms with Crippen LogP contribution in [-0.2, 0) is 11.3 Å². The SMILES string of the molecule is COCCCCn1c(C)noc1=O. The molecule has 5 heteroatoms. The van der Waals surface area contributed by atoms with Crippen LogP contribution in [0, 0.1) is 6.92 Å². The maximum atomic E-state index is 11.0. The minimum Gasteiger partial charge on any atom is -0.385 e. The predicted molar refractivity (Wildman–Crippen MR) is 46.6 cm³/mol. The highest BCUT2D eigenvalue weighted by atomic mass is 16.5. The van der Waals surface area contributed by atoms with E-state index in [-0.39, 0.29) is 5.76 Å². The number of rotatable bonds is 5. The van der Waals surface area contributed by atoms with E-state index in [0.29, 0.717) is 12.4 Å². The molecule has 0 aliphatic carbocycles. The Kier molecular flexibility index (Phi) is 3.70. The second kappa shape index (κ2) is 4.81. The van der Waals surface area contributed by atoms with E-state index in [1.165, 1.54) is 4.57 Å². The Morgan fingerprint density at radius 1 is 1.54 bits per heavy atom. The van der Waals surface area contributed by atoms with Crippen LogP contribution in [-0.4, -0.2) is 23.4 Å². The minimum absolute atomic E-state index is 0.380. The standard InChI is InChI=1S/C8H14N2O3/c1-7-9-13-8(11)10(7)5-3-4-6-12-2/h3-6H2,1-2H3. The maximum absolute atomic E-state index is 11.0. The maximum Gasteiger partial charge on any atom is 0.441 e. The van der Waals surface area contributed by atoms with Crippen LogP contribution in [0.2, 0.25) is 0 Å². The molecule has 1 heterocycles. The highest BCUT2D eigenvalue weighted by molar-refractivity contribution is 4.77. The molecule has 13 heavy (non-hydrogen) atoms. The number of aryl methyl sites for hydroxylation is 1. The van der Waals surface area contributed by atoms with Gasteiger partial charge in [-0.3, -0.25) is 9.09 Å². The molecule has 0 unspecified atom stereocenters. The van der Waals surface area contributed by atoms with Gasteiger partial charge in [0.05, 0.1) is 0 Å². The summed E-state index contributed by atoms with van der Waals surface area (Å²) < 4.78 is 10.9. The molecule has 1 aromatic rings. The molecular formula is C8H14N2O3. The normalized spacial score (nSPS) is 10.6. The highest BCUT2D eigenvalue weighted by Crippen LogP contribution is 1.95. The van der Waals surface area contributed by atoms with Gasteiger partial charge in [-0.15, -0.1) is 0 Å². The molecule has 0 amide bonds. The van der Waals surface area contributed by atoms with Gasteiger partial charge in [0.2, 0.25) is 0 Å². The molecule has 1 aromatic heterocycles. The fourth-order valence-electron chi connectivity index (χ4n) is 1.11. The van der Waals surface area contributed by atoms with Crippen molar-refractivity contribution < 1.29 is 9.26 Å². The van der Waals surface area contributed by atoms with Crippen molar-refractivity contribution in [1.82, 2.24) is 9.72 Å². The van der Waals surface area contributed by atoms with Crippen molar-refractivity contribution in [3.05, 3.63) is 16.4 Å². The largest absolute Gasteiger partial charge is 0.441 e. The van der Waals surface area contributed by atoms with Crippen LogP contribution in [0.4, 0.5) is 0 Å². The zero-order chi connectivity index (χ0) is 9.68. The predicted octanol–water partition coefficient (Wildman–Crippen LogP) is 0.571. The third-order valence-electron chi connectivity index (χ3n) is 1.85. The van der Waals surface area contributed by atoms with Gasteiger partial charge in [-0.2, -0.15) is 0 Å². The molecule has 0 N–H and O–H groups in total. The summed E-state index contributed by atoms with van der Waals surface area (Å²) in [6.45, 7) is 3.12. The van der Waals surface area contributed by atoms with Crippen LogP contribution in [0.25, 0.3) is 0 Å². The molecular weight excluding hydrogens is 172 g/mol. The van der Waals surface area contributed by atoms with Gasteiger partial charge in [0.15, 0.2) is 5.82 Å². The van der Waals surface area contributed by atoms with Crippen molar-refractivity contribution in [3.63, 3.8) is 0 Å². The van der Waals surface area contributed by atoms with Crippen LogP contribution in [0.3, 0.4) is 0 Å². The summed E-state index contributed by atoms with van der Waals surface area (Å²) in [5.74, 6) is 0.248. The number of aromatic nitrogens is 2. The molecule has 0 radical (unpaired) electrons. The van der Waals surface area contributed by atoms with Gasteiger partial charge in [-0.05, 0) is 19.8 Å². The lowest BCUT2D eigenvalue weighted by Gasteiger charge is -2.00. The number of nitrogens with zero attached hydrogens (tertiary/aromatic N) is 2. The summed E-state index contributed by atoms with van der Waals surface area (Å²) in [7, 11) is 1.66. The summed E-state index contributed by atoms with van der Waals surface area (Å²) >= 11 is 0. The molecule has 0 saturated heterocycles. The first-order chi connectivity index (χ1) is 6.25. The van der Waals surface area contributed by atoms with E-state index in [9.17, 15) is 4.79 Å². The van der Waals surface area contributed by atoms with Gasteiger partial charge in [0.25, 0.3) is 0 Å². The Hall–Kier alpha value is -1.10. The lowest BCUT2D eigenvalue weighted by molar-refractivity contribution is 0.191. The van der Waals surface area contributed by atoms with E-state index < -0.39 is 0 Å². The Bertz CT molecular complexity index is 303. The minimum atomic E-state index is -0.380. The molecule has 0 aliphatic heterocycles. The van der Waals surface area contributed by atoms with Crippen LogP contribution in [0.15, 0.2) is 9.32 Å². The summed E-state index contributed by atoms with van der Waals surface area (Å²) in [5, 5.41) is 3.56. The topological polar surface area (TPSA) is 57.3 Å². The Morgan fingerprint density at radius 2 is 2.31 bits per heavy atom. The Labute approximate surface area is 76.3 Å². The molecule has 0 aromatic carbocycles. The van der Waals surface area contributed by atoms with Gasteiger partial charge in [-0.1, -0.05) is 5.16 Å². The summed E-state index contributed by atoms with van der Waals surface area (Å²) in [4.78, 5) is 11.0. The monoisotopic (exact) mass is 186 g/mol. The summed E-state index contributed by atoms with van der Waals surface area (Å²) in [6.07, 6.45) is 1.84. The van der Waals surface area contributed by atoms with Crippen LogP contribution >= 0.6 is 0 Å². The van der Waals surface area contributed by atoms with E-state index in [0.717, 1.165) is 19.4 Å². The average molecular weight is 186 g/mol. The smallest absolute Gasteiger partial charge is 0.385 e. The third-order valence-corrected chi connectivity index (χ3v) is 1.85. The lowest BCUT2D eigenvalue weighted by atomic mass is 10.3. The van der Waals surface area contributed by atoms with Gasteiger partial charge < -0.3 is 4.74 Å². The van der Waals surface area contributed by atoms with E-state index in [2.05, 4.69) is 9.68 Å². The molecule has 0 fully saturated rings. The van der Waals surface area contributed by atoms with E-state index in [1.54, 1.807) is 14.0 Å². The van der Waals surface area contributed by atoms with E-state index >= 15 is 0 Å². The highest BCUT2D eigenvalue weighted by Gasteiger charge is 2.04. The van der Waals surface area contributed by atoms with E-state index in [4.69, 9.17) is 4.74 Å². The van der Waals surface area contributed by atoms with Gasteiger partial charge >= 0.3 is 5.76 Å². The zero-order valence-electron chi connectivity index (χ0n) is 7.95. The Morgan fingerprint density at radius 3 is 2.85 bits per heavy atom. The molecule has 0 bridgehead atoms. The van der Waals surface area contributed by atoms with E-state index in [1.807, 2.05) is 0 Å². The van der Waals surface area contributed by atoms with Gasteiger partial charge in [-0.25, -0.2) is 4.79 Å². The van der Waals surface area contributed by atoms with Gasteiger partial charge in [0, 0.05) is 20.3 Å². The first-order valence-corrected chi connectivity index (χ1v) is 4.27. The van der Waals surface area contributed by atoms with Crippen molar-refractivity contribution in [2.24, 2.45) is 0 Å². The lowest BCUT2D eigenvalue weighted by Crippen LogP contribution is -2.16.